The van der Waals surface area contributed by atoms with Crippen LogP contribution in [0.25, 0.3) is 0 Å². The third kappa shape index (κ3) is 2.47. The molecule has 0 heterocycles. The molecule has 1 aromatic rings. The first-order valence-corrected chi connectivity index (χ1v) is 4.39. The first-order chi connectivity index (χ1) is 6.73. The van der Waals surface area contributed by atoms with Gasteiger partial charge in [0.25, 0.3) is 5.91 Å². The predicted molar refractivity (Wildman–Crippen MR) is 47.6 cm³/mol. The Labute approximate surface area is 90.2 Å². The average molecular weight is 286 g/mol. The Morgan fingerprint density at radius 1 is 1.33 bits per heavy atom. The van der Waals surface area contributed by atoms with Crippen LogP contribution in [0.2, 0.25) is 0 Å². The van der Waals surface area contributed by atoms with Crippen LogP contribution in [-0.2, 0) is 6.18 Å². The van der Waals surface area contributed by atoms with Gasteiger partial charge in [-0.25, -0.2) is 4.39 Å². The van der Waals surface area contributed by atoms with Crippen LogP contribution < -0.4 is 5.73 Å². The van der Waals surface area contributed by atoms with Gasteiger partial charge in [0, 0.05) is 4.47 Å². The van der Waals surface area contributed by atoms with Gasteiger partial charge in [-0.05, 0) is 12.1 Å². The zero-order valence-electron chi connectivity index (χ0n) is 7.03. The van der Waals surface area contributed by atoms with Crippen molar-refractivity contribution in [3.05, 3.63) is 33.5 Å². The maximum atomic E-state index is 13.0. The number of benzene rings is 1. The third-order valence-corrected chi connectivity index (χ3v) is 2.28. The molecular weight excluding hydrogens is 282 g/mol. The number of alkyl halides is 3. The molecule has 7 heteroatoms. The maximum absolute atomic E-state index is 13.0. The summed E-state index contributed by atoms with van der Waals surface area (Å²) in [7, 11) is 0. The number of hydrogen-bond donors (Lipinski definition) is 1. The second-order valence-corrected chi connectivity index (χ2v) is 3.53. The van der Waals surface area contributed by atoms with Gasteiger partial charge < -0.3 is 5.73 Å². The van der Waals surface area contributed by atoms with Crippen LogP contribution in [0.1, 0.15) is 15.9 Å². The van der Waals surface area contributed by atoms with Gasteiger partial charge in [0.15, 0.2) is 0 Å². The van der Waals surface area contributed by atoms with E-state index in [-0.39, 0.29) is 6.07 Å². The normalized spacial score (nSPS) is 11.5. The monoisotopic (exact) mass is 285 g/mol. The summed E-state index contributed by atoms with van der Waals surface area (Å²) in [4.78, 5) is 10.6. The number of nitrogens with two attached hydrogens (primary N) is 1. The second-order valence-electron chi connectivity index (χ2n) is 2.67. The van der Waals surface area contributed by atoms with Gasteiger partial charge >= 0.3 is 6.18 Å². The molecule has 0 aliphatic carbocycles. The van der Waals surface area contributed by atoms with E-state index in [2.05, 4.69) is 15.9 Å². The van der Waals surface area contributed by atoms with Crippen molar-refractivity contribution < 1.29 is 22.4 Å². The quantitative estimate of drug-likeness (QED) is 0.792. The van der Waals surface area contributed by atoms with Crippen LogP contribution in [0, 0.1) is 5.82 Å². The lowest BCUT2D eigenvalue weighted by Crippen LogP contribution is -2.15. The topological polar surface area (TPSA) is 43.1 Å². The van der Waals surface area contributed by atoms with Crippen molar-refractivity contribution in [1.82, 2.24) is 0 Å². The SMILES string of the molecule is NC(=O)c1cc(Br)c(C(F)(F)F)cc1F. The fraction of sp³-hybridized carbons (Fsp3) is 0.125. The van der Waals surface area contributed by atoms with Gasteiger partial charge in [0.05, 0.1) is 11.1 Å². The molecule has 1 rings (SSSR count). The van der Waals surface area contributed by atoms with Gasteiger partial charge in [0.2, 0.25) is 0 Å². The number of carbonyl (C=O) groups excluding carboxylic acids is 1. The minimum atomic E-state index is -4.68. The van der Waals surface area contributed by atoms with E-state index in [1.807, 2.05) is 0 Å². The van der Waals surface area contributed by atoms with E-state index < -0.39 is 33.5 Å². The molecule has 0 radical (unpaired) electrons. The molecule has 1 aromatic carbocycles. The van der Waals surface area contributed by atoms with Crippen LogP contribution >= 0.6 is 15.9 Å². The molecule has 15 heavy (non-hydrogen) atoms. The standard InChI is InChI=1S/C8H4BrF4NO/c9-5-1-3(7(14)15)6(10)2-4(5)8(11,12)13/h1-2H,(H2,14,15). The Hall–Kier alpha value is -1.11. The summed E-state index contributed by atoms with van der Waals surface area (Å²) in [5, 5.41) is 0. The number of primary amides is 1. The zero-order chi connectivity index (χ0) is 11.8. The molecule has 0 atom stereocenters. The summed E-state index contributed by atoms with van der Waals surface area (Å²) in [6.07, 6.45) is -4.68. The largest absolute Gasteiger partial charge is 0.417 e. The second kappa shape index (κ2) is 3.80. The Balaban J connectivity index is 3.39. The first kappa shape index (κ1) is 12.0. The molecule has 0 unspecified atom stereocenters. The van der Waals surface area contributed by atoms with Gasteiger partial charge in [0.1, 0.15) is 5.82 Å². The summed E-state index contributed by atoms with van der Waals surface area (Å²) in [6.45, 7) is 0. The lowest BCUT2D eigenvalue weighted by molar-refractivity contribution is -0.138. The molecule has 0 spiro atoms. The molecule has 0 fully saturated rings. The molecule has 0 aromatic heterocycles. The number of amides is 1. The molecule has 0 bridgehead atoms. The number of rotatable bonds is 1. The van der Waals surface area contributed by atoms with Crippen molar-refractivity contribution >= 4 is 21.8 Å². The fourth-order valence-corrected chi connectivity index (χ4v) is 1.52. The predicted octanol–water partition coefficient (Wildman–Crippen LogP) is 2.71. The van der Waals surface area contributed by atoms with E-state index in [0.29, 0.717) is 6.07 Å². The Morgan fingerprint density at radius 3 is 2.27 bits per heavy atom. The molecular formula is C8H4BrF4NO. The number of halogens is 5. The van der Waals surface area contributed by atoms with Gasteiger partial charge in [-0.1, -0.05) is 15.9 Å². The first-order valence-electron chi connectivity index (χ1n) is 3.59. The van der Waals surface area contributed by atoms with Crippen LogP contribution in [0.5, 0.6) is 0 Å². The average Bonchev–Trinajstić information content (AvgIpc) is 2.06. The summed E-state index contributed by atoms with van der Waals surface area (Å²) < 4.78 is 49.3. The van der Waals surface area contributed by atoms with Crippen molar-refractivity contribution in [2.45, 2.75) is 6.18 Å². The Morgan fingerprint density at radius 2 is 1.87 bits per heavy atom. The molecule has 0 saturated carbocycles. The van der Waals surface area contributed by atoms with E-state index in [9.17, 15) is 22.4 Å². The van der Waals surface area contributed by atoms with Crippen LogP contribution in [0.15, 0.2) is 16.6 Å². The number of carbonyl (C=O) groups is 1. The maximum Gasteiger partial charge on any atom is 0.417 e. The van der Waals surface area contributed by atoms with E-state index >= 15 is 0 Å². The molecule has 0 saturated heterocycles. The third-order valence-electron chi connectivity index (χ3n) is 1.63. The summed E-state index contributed by atoms with van der Waals surface area (Å²) in [5.41, 5.74) is 2.98. The van der Waals surface area contributed by atoms with E-state index in [4.69, 9.17) is 5.73 Å². The summed E-state index contributed by atoms with van der Waals surface area (Å²) >= 11 is 2.59. The van der Waals surface area contributed by atoms with Gasteiger partial charge in [-0.15, -0.1) is 0 Å². The Kier molecular flexibility index (Phi) is 3.03. The highest BCUT2D eigenvalue weighted by atomic mass is 79.9. The molecule has 0 aliphatic heterocycles. The molecule has 1 amide bonds. The van der Waals surface area contributed by atoms with Crippen molar-refractivity contribution in [1.29, 1.82) is 0 Å². The summed E-state index contributed by atoms with van der Waals surface area (Å²) in [6, 6.07) is 0.935. The Bertz CT molecular complexity index is 416. The fourth-order valence-electron chi connectivity index (χ4n) is 0.953. The highest BCUT2D eigenvalue weighted by molar-refractivity contribution is 9.10. The molecule has 82 valence electrons. The highest BCUT2D eigenvalue weighted by Crippen LogP contribution is 2.36. The minimum absolute atomic E-state index is 0.226. The molecule has 2 nitrogen and oxygen atoms in total. The lowest BCUT2D eigenvalue weighted by atomic mass is 10.1. The van der Waals surface area contributed by atoms with Crippen LogP contribution in [0.4, 0.5) is 17.6 Å². The zero-order valence-corrected chi connectivity index (χ0v) is 8.62. The van der Waals surface area contributed by atoms with Crippen LogP contribution in [-0.4, -0.2) is 5.91 Å². The highest BCUT2D eigenvalue weighted by Gasteiger charge is 2.34. The van der Waals surface area contributed by atoms with Gasteiger partial charge in [-0.2, -0.15) is 13.2 Å². The van der Waals surface area contributed by atoms with Crippen molar-refractivity contribution in [2.24, 2.45) is 5.73 Å². The van der Waals surface area contributed by atoms with E-state index in [0.717, 1.165) is 0 Å². The van der Waals surface area contributed by atoms with E-state index in [1.165, 1.54) is 0 Å². The van der Waals surface area contributed by atoms with Crippen molar-refractivity contribution in [3.63, 3.8) is 0 Å². The molecule has 2 N–H and O–H groups in total. The molecule has 0 aliphatic rings. The van der Waals surface area contributed by atoms with Crippen molar-refractivity contribution in [2.75, 3.05) is 0 Å². The van der Waals surface area contributed by atoms with Gasteiger partial charge in [-0.3, -0.25) is 4.79 Å². The van der Waals surface area contributed by atoms with Crippen molar-refractivity contribution in [3.8, 4) is 0 Å². The lowest BCUT2D eigenvalue weighted by Gasteiger charge is -2.10. The van der Waals surface area contributed by atoms with E-state index in [1.54, 1.807) is 0 Å². The minimum Gasteiger partial charge on any atom is -0.366 e. The smallest absolute Gasteiger partial charge is 0.366 e. The summed E-state index contributed by atoms with van der Waals surface area (Å²) in [5.74, 6) is -2.42. The number of hydrogen-bond acceptors (Lipinski definition) is 1. The van der Waals surface area contributed by atoms with Crippen LogP contribution in [0.3, 0.4) is 0 Å².